The van der Waals surface area contributed by atoms with E-state index in [2.05, 4.69) is 138 Å². The maximum Gasteiger partial charge on any atom is 0.0397 e. The minimum Gasteiger partial charge on any atom is -0.384 e. The zero-order valence-electron chi connectivity index (χ0n) is 26.7. The molecule has 2 heteroatoms. The second kappa shape index (κ2) is 21.0. The van der Waals surface area contributed by atoms with Gasteiger partial charge in [0.05, 0.1) is 0 Å². The average molecular weight is 537 g/mol. The van der Waals surface area contributed by atoms with Gasteiger partial charge in [0.1, 0.15) is 0 Å². The molecule has 0 heterocycles. The van der Waals surface area contributed by atoms with Crippen molar-refractivity contribution < 1.29 is 0 Å². The molecule has 0 aliphatic carbocycles. The van der Waals surface area contributed by atoms with Crippen molar-refractivity contribution >= 4 is 11.8 Å². The van der Waals surface area contributed by atoms with Crippen molar-refractivity contribution in [2.75, 3.05) is 7.05 Å². The Bertz CT molecular complexity index is 1240. The summed E-state index contributed by atoms with van der Waals surface area (Å²) in [5, 5.41) is 3.44. The molecule has 1 N–H and O–H groups in total. The molecule has 2 aromatic carbocycles. The molecule has 0 aliphatic heterocycles. The van der Waals surface area contributed by atoms with Gasteiger partial charge in [-0.25, -0.2) is 0 Å². The van der Waals surface area contributed by atoms with Crippen molar-refractivity contribution in [2.24, 2.45) is 4.99 Å². The summed E-state index contributed by atoms with van der Waals surface area (Å²) in [5.74, 6) is 0. The third-order valence-electron chi connectivity index (χ3n) is 5.94. The summed E-state index contributed by atoms with van der Waals surface area (Å²) in [6.07, 6.45) is 14.2. The van der Waals surface area contributed by atoms with Gasteiger partial charge in [0, 0.05) is 25.5 Å². The number of nitrogens with zero attached hydrogens (tertiary/aromatic N) is 1. The number of allylic oxidation sites excluding steroid dienone is 12. The van der Waals surface area contributed by atoms with Crippen molar-refractivity contribution in [3.05, 3.63) is 148 Å². The molecule has 0 atom stereocenters. The quantitative estimate of drug-likeness (QED) is 0.250. The Balaban J connectivity index is 0.000000671. The van der Waals surface area contributed by atoms with Gasteiger partial charge < -0.3 is 5.32 Å². The maximum atomic E-state index is 4.18. The number of aliphatic imine (C=N–C) groups is 1. The Labute approximate surface area is 246 Å². The van der Waals surface area contributed by atoms with Gasteiger partial charge in [0.15, 0.2) is 0 Å². The van der Waals surface area contributed by atoms with E-state index >= 15 is 0 Å². The molecule has 0 saturated heterocycles. The van der Waals surface area contributed by atoms with E-state index in [-0.39, 0.29) is 0 Å². The van der Waals surface area contributed by atoms with Crippen LogP contribution in [-0.2, 0) is 6.54 Å². The Morgan fingerprint density at radius 1 is 0.850 bits per heavy atom. The minimum atomic E-state index is 0.837. The van der Waals surface area contributed by atoms with E-state index in [0.717, 1.165) is 23.4 Å². The minimum absolute atomic E-state index is 0.837. The molecule has 0 fully saturated rings. The molecule has 0 unspecified atom stereocenters. The van der Waals surface area contributed by atoms with Crippen molar-refractivity contribution in [2.45, 2.75) is 68.9 Å². The van der Waals surface area contributed by atoms with Gasteiger partial charge >= 0.3 is 0 Å². The fourth-order valence-corrected chi connectivity index (χ4v) is 3.27. The smallest absolute Gasteiger partial charge is 0.0397 e. The first kappa shape index (κ1) is 36.1. The lowest BCUT2D eigenvalue weighted by atomic mass is 10.0. The van der Waals surface area contributed by atoms with Crippen LogP contribution in [0.5, 0.6) is 0 Å². The molecular weight excluding hydrogens is 484 g/mol. The SMILES string of the molecule is C=C(/C=C(\C)NCc1ccc(C)cc1)c1ccccc1C.C=C(C)/C=C/C(/C=C\C)=C/C.CN=CC(C)=C(C)C. The van der Waals surface area contributed by atoms with E-state index in [4.69, 9.17) is 0 Å². The molecule has 0 aromatic heterocycles. The first-order valence-corrected chi connectivity index (χ1v) is 13.9. The highest BCUT2D eigenvalue weighted by atomic mass is 14.9. The Kier molecular flexibility index (Phi) is 18.9. The molecule has 2 aromatic rings. The van der Waals surface area contributed by atoms with Crippen LogP contribution in [-0.4, -0.2) is 13.3 Å². The van der Waals surface area contributed by atoms with E-state index in [1.165, 1.54) is 39.0 Å². The summed E-state index contributed by atoms with van der Waals surface area (Å²) in [5.41, 5.74) is 12.1. The maximum absolute atomic E-state index is 4.18. The normalized spacial score (nSPS) is 11.6. The van der Waals surface area contributed by atoms with Crippen molar-refractivity contribution in [3.8, 4) is 0 Å². The van der Waals surface area contributed by atoms with Gasteiger partial charge in [-0.1, -0.05) is 109 Å². The van der Waals surface area contributed by atoms with Gasteiger partial charge in [0.25, 0.3) is 0 Å². The lowest BCUT2D eigenvalue weighted by Gasteiger charge is -2.10. The molecule has 0 amide bonds. The number of benzene rings is 2. The van der Waals surface area contributed by atoms with Gasteiger partial charge in [-0.05, 0) is 102 Å². The lowest BCUT2D eigenvalue weighted by Crippen LogP contribution is -2.10. The molecule has 0 saturated carbocycles. The molecule has 0 radical (unpaired) electrons. The summed E-state index contributed by atoms with van der Waals surface area (Å²) in [6.45, 7) is 27.3. The number of hydrogen-bond donors (Lipinski definition) is 1. The molecule has 214 valence electrons. The molecule has 0 spiro atoms. The van der Waals surface area contributed by atoms with Crippen LogP contribution in [0.4, 0.5) is 0 Å². The zero-order valence-corrected chi connectivity index (χ0v) is 26.7. The van der Waals surface area contributed by atoms with E-state index in [1.807, 2.05) is 39.1 Å². The Morgan fingerprint density at radius 2 is 1.48 bits per heavy atom. The summed E-state index contributed by atoms with van der Waals surface area (Å²) in [6, 6.07) is 16.9. The topological polar surface area (TPSA) is 24.4 Å². The zero-order chi connectivity index (χ0) is 30.5. The molecule has 0 bridgehead atoms. The van der Waals surface area contributed by atoms with Crippen LogP contribution >= 0.6 is 0 Å². The highest BCUT2D eigenvalue weighted by Crippen LogP contribution is 2.19. The average Bonchev–Trinajstić information content (AvgIpc) is 2.91. The predicted molar refractivity (Wildman–Crippen MR) is 183 cm³/mol. The lowest BCUT2D eigenvalue weighted by molar-refractivity contribution is 0.812. The number of rotatable bonds is 9. The number of nitrogens with one attached hydrogen (secondary N) is 1. The Morgan fingerprint density at radius 3 is 1.95 bits per heavy atom. The second-order valence-corrected chi connectivity index (χ2v) is 10.0. The molecule has 0 aliphatic rings. The van der Waals surface area contributed by atoms with Gasteiger partial charge in [0.2, 0.25) is 0 Å². The molecule has 2 nitrogen and oxygen atoms in total. The molecule has 40 heavy (non-hydrogen) atoms. The summed E-state index contributed by atoms with van der Waals surface area (Å²) in [7, 11) is 1.78. The van der Waals surface area contributed by atoms with E-state index in [1.54, 1.807) is 7.05 Å². The predicted octanol–water partition coefficient (Wildman–Crippen LogP) is 10.7. The third-order valence-corrected chi connectivity index (χ3v) is 5.94. The molecular formula is C38H52N2. The third kappa shape index (κ3) is 16.8. The van der Waals surface area contributed by atoms with Crippen LogP contribution in [0.3, 0.4) is 0 Å². The summed E-state index contributed by atoms with van der Waals surface area (Å²) >= 11 is 0. The monoisotopic (exact) mass is 536 g/mol. The first-order chi connectivity index (χ1) is 18.9. The highest BCUT2D eigenvalue weighted by molar-refractivity contribution is 5.78. The summed E-state index contributed by atoms with van der Waals surface area (Å²) in [4.78, 5) is 3.87. The van der Waals surface area contributed by atoms with Crippen LogP contribution < -0.4 is 5.32 Å². The largest absolute Gasteiger partial charge is 0.384 e. The van der Waals surface area contributed by atoms with Gasteiger partial charge in [-0.3, -0.25) is 4.99 Å². The van der Waals surface area contributed by atoms with Crippen molar-refractivity contribution in [1.82, 2.24) is 5.32 Å². The first-order valence-electron chi connectivity index (χ1n) is 13.9. The van der Waals surface area contributed by atoms with Crippen LogP contribution in [0.1, 0.15) is 70.7 Å². The number of hydrogen-bond acceptors (Lipinski definition) is 2. The number of aryl methyl sites for hydroxylation is 2. The fraction of sp³-hybridized carbons (Fsp3) is 0.289. The van der Waals surface area contributed by atoms with Gasteiger partial charge in [-0.15, -0.1) is 0 Å². The van der Waals surface area contributed by atoms with Crippen LogP contribution in [0.25, 0.3) is 5.57 Å². The van der Waals surface area contributed by atoms with Crippen molar-refractivity contribution in [3.63, 3.8) is 0 Å². The fourth-order valence-electron chi connectivity index (χ4n) is 3.27. The Hall–Kier alpha value is -3.91. The van der Waals surface area contributed by atoms with Crippen molar-refractivity contribution in [1.29, 1.82) is 0 Å². The molecule has 2 rings (SSSR count). The standard InChI is InChI=1S/C20H23N.C11H16.C7H13N/c1-15-9-11-19(12-10-15)14-21-18(4)13-17(3)20-8-6-5-7-16(20)2;1-5-7-11(6-2)9-8-10(3)4;1-6(2)7(3)5-8-4/h5-13,21H,3,14H2,1-2,4H3;5-9H,3H2,1-2,4H3;5H,1-4H3/b18-13+;7-5-,9-8+,11-6+;. The highest BCUT2D eigenvalue weighted by Gasteiger charge is 2.00. The summed E-state index contributed by atoms with van der Waals surface area (Å²) < 4.78 is 0. The second-order valence-electron chi connectivity index (χ2n) is 10.0. The van der Waals surface area contributed by atoms with Gasteiger partial charge in [-0.2, -0.15) is 0 Å². The van der Waals surface area contributed by atoms with Crippen LogP contribution in [0.2, 0.25) is 0 Å². The van der Waals surface area contributed by atoms with Crippen LogP contribution in [0, 0.1) is 13.8 Å². The van der Waals surface area contributed by atoms with E-state index in [0.29, 0.717) is 0 Å². The van der Waals surface area contributed by atoms with Crippen LogP contribution in [0.15, 0.2) is 131 Å². The van der Waals surface area contributed by atoms with E-state index in [9.17, 15) is 0 Å². The van der Waals surface area contributed by atoms with E-state index < -0.39 is 0 Å².